The lowest BCUT2D eigenvalue weighted by molar-refractivity contribution is -0.916. The number of nitrogens with one attached hydrogen (secondary N) is 2. The van der Waals surface area contributed by atoms with Gasteiger partial charge in [-0.3, -0.25) is 18.2 Å². The fourth-order valence-corrected chi connectivity index (χ4v) is 3.54. The van der Waals surface area contributed by atoms with Crippen LogP contribution in [0.2, 0.25) is 0 Å². The first kappa shape index (κ1) is 29.9. The maximum atomic E-state index is 8.52. The Bertz CT molecular complexity index is 443. The van der Waals surface area contributed by atoms with Crippen LogP contribution >= 0.6 is 0 Å². The second-order valence-electron chi connectivity index (χ2n) is 7.75. The quantitative estimate of drug-likeness (QED) is 0.428. The van der Waals surface area contributed by atoms with Gasteiger partial charge in [0.25, 0.3) is 0 Å². The van der Waals surface area contributed by atoms with Gasteiger partial charge in [-0.15, -0.1) is 0 Å². The number of hydrogen-bond acceptors (Lipinski definition) is 6. The van der Waals surface area contributed by atoms with Crippen LogP contribution in [0.3, 0.4) is 0 Å². The molecular formula is C19H46N4O4S. The van der Waals surface area contributed by atoms with Crippen molar-refractivity contribution >= 4 is 10.4 Å². The fraction of sp³-hybridized carbons (Fsp3) is 1.00. The molecule has 4 unspecified atom stereocenters. The molecule has 0 radical (unpaired) electrons. The summed E-state index contributed by atoms with van der Waals surface area (Å²) in [6, 6.07) is 0. The van der Waals surface area contributed by atoms with Gasteiger partial charge in [0.1, 0.15) is 12.3 Å². The van der Waals surface area contributed by atoms with Crippen molar-refractivity contribution in [3.63, 3.8) is 0 Å². The molecule has 4 atom stereocenters. The van der Waals surface area contributed by atoms with Crippen molar-refractivity contribution < 1.29 is 27.3 Å². The minimum atomic E-state index is -5.17. The first-order valence-electron chi connectivity index (χ1n) is 10.3. The van der Waals surface area contributed by atoms with Crippen LogP contribution in [-0.4, -0.2) is 93.0 Å². The van der Waals surface area contributed by atoms with Crippen molar-refractivity contribution in [2.24, 2.45) is 0 Å². The molecule has 0 aliphatic carbocycles. The summed E-state index contributed by atoms with van der Waals surface area (Å²) in [6.45, 7) is 17.2. The Morgan fingerprint density at radius 2 is 1.14 bits per heavy atom. The molecule has 0 aromatic carbocycles. The molecule has 0 spiro atoms. The number of rotatable bonds is 6. The van der Waals surface area contributed by atoms with E-state index in [0.29, 0.717) is 0 Å². The van der Waals surface area contributed by atoms with Crippen LogP contribution in [0.25, 0.3) is 0 Å². The normalized spacial score (nSPS) is 28.0. The van der Waals surface area contributed by atoms with Crippen molar-refractivity contribution in [3.05, 3.63) is 0 Å². The van der Waals surface area contributed by atoms with Crippen LogP contribution < -0.4 is 9.80 Å². The van der Waals surface area contributed by atoms with Gasteiger partial charge in [0, 0.05) is 24.2 Å². The van der Waals surface area contributed by atoms with Gasteiger partial charge in [-0.1, -0.05) is 34.1 Å². The Labute approximate surface area is 174 Å². The average Bonchev–Trinajstić information content (AvgIpc) is 3.06. The van der Waals surface area contributed by atoms with Crippen LogP contribution in [0.15, 0.2) is 0 Å². The van der Waals surface area contributed by atoms with Gasteiger partial charge < -0.3 is 18.9 Å². The summed E-state index contributed by atoms with van der Waals surface area (Å²) in [5.74, 6) is 0. The number of unbranched alkanes of at least 4 members (excludes halogenated alkanes) is 2. The van der Waals surface area contributed by atoms with E-state index < -0.39 is 10.4 Å². The number of nitrogens with zero attached hydrogens (tertiary/aromatic N) is 2. The van der Waals surface area contributed by atoms with Crippen LogP contribution in [0, 0.1) is 0 Å². The summed E-state index contributed by atoms with van der Waals surface area (Å²) in [5.41, 5.74) is 0. The number of hydrogen-bond donors (Lipinski definition) is 2. The smallest absolute Gasteiger partial charge is 0.140 e. The van der Waals surface area contributed by atoms with E-state index in [2.05, 4.69) is 51.6 Å². The van der Waals surface area contributed by atoms with Crippen LogP contribution in [-0.2, 0) is 10.4 Å². The highest BCUT2D eigenvalue weighted by molar-refractivity contribution is 7.79. The zero-order valence-corrected chi connectivity index (χ0v) is 19.0. The lowest BCUT2D eigenvalue weighted by atomic mass is 10.3. The van der Waals surface area contributed by atoms with E-state index in [4.69, 9.17) is 17.5 Å². The third kappa shape index (κ3) is 13.8. The Kier molecular flexibility index (Phi) is 16.6. The predicted molar refractivity (Wildman–Crippen MR) is 113 cm³/mol. The summed E-state index contributed by atoms with van der Waals surface area (Å²) >= 11 is 0. The van der Waals surface area contributed by atoms with Gasteiger partial charge in [-0.25, -0.2) is 0 Å². The van der Waals surface area contributed by atoms with Gasteiger partial charge in [-0.2, -0.15) is 0 Å². The molecule has 2 rings (SSSR count). The van der Waals surface area contributed by atoms with Gasteiger partial charge in [0.15, 0.2) is 0 Å². The highest BCUT2D eigenvalue weighted by Gasteiger charge is 2.28. The first-order valence-corrected chi connectivity index (χ1v) is 11.6. The summed E-state index contributed by atoms with van der Waals surface area (Å²) in [4.78, 5) is 8.44. The van der Waals surface area contributed by atoms with Crippen molar-refractivity contribution in [2.75, 3.05) is 53.4 Å². The molecule has 172 valence electrons. The van der Waals surface area contributed by atoms with E-state index in [1.807, 2.05) is 0 Å². The summed E-state index contributed by atoms with van der Waals surface area (Å²) < 4.78 is 34.1. The van der Waals surface area contributed by atoms with Crippen molar-refractivity contribution in [3.8, 4) is 0 Å². The van der Waals surface area contributed by atoms with E-state index in [1.165, 1.54) is 65.0 Å². The Morgan fingerprint density at radius 3 is 1.32 bits per heavy atom. The molecule has 8 nitrogen and oxygen atoms in total. The second kappa shape index (κ2) is 15.5. The lowest BCUT2D eigenvalue weighted by Gasteiger charge is -2.20. The molecule has 2 N–H and O–H groups in total. The Balaban J connectivity index is 0. The first-order chi connectivity index (χ1) is 12.5. The molecule has 2 fully saturated rings. The van der Waals surface area contributed by atoms with E-state index in [9.17, 15) is 0 Å². The van der Waals surface area contributed by atoms with Crippen LogP contribution in [0.1, 0.15) is 60.8 Å². The predicted octanol–water partition coefficient (Wildman–Crippen LogP) is -0.776. The average molecular weight is 427 g/mol. The Hall–Kier alpha value is -0.290. The molecule has 2 aliphatic rings. The van der Waals surface area contributed by atoms with Crippen molar-refractivity contribution in [2.45, 2.75) is 73.1 Å². The lowest BCUT2D eigenvalue weighted by Crippen LogP contribution is -3.14. The molecule has 2 saturated heterocycles. The largest absolute Gasteiger partial charge is 0.759 e. The monoisotopic (exact) mass is 426 g/mol. The molecule has 28 heavy (non-hydrogen) atoms. The van der Waals surface area contributed by atoms with Gasteiger partial charge in [0.2, 0.25) is 0 Å². The molecule has 9 heteroatoms. The molecule has 0 bridgehead atoms. The highest BCUT2D eigenvalue weighted by atomic mass is 32.3. The van der Waals surface area contributed by atoms with E-state index >= 15 is 0 Å². The molecule has 0 saturated carbocycles. The standard InChI is InChI=1S/2C9H20N2.CH4.H2O4S/c2*1-4-5-6-11-8-7-10(3)9(11)2;;1-5(2,3)4/h2*9H,4-8H2,1-3H3;1H4;(H2,1,2,3,4). The third-order valence-electron chi connectivity index (χ3n) is 5.78. The highest BCUT2D eigenvalue weighted by Crippen LogP contribution is 1.93. The molecular weight excluding hydrogens is 380 g/mol. The van der Waals surface area contributed by atoms with Crippen LogP contribution in [0.5, 0.6) is 0 Å². The van der Waals surface area contributed by atoms with E-state index in [0.717, 1.165) is 12.3 Å². The van der Waals surface area contributed by atoms with Gasteiger partial charge >= 0.3 is 0 Å². The third-order valence-corrected chi connectivity index (χ3v) is 5.78. The summed E-state index contributed by atoms with van der Waals surface area (Å²) in [7, 11) is -0.715. The zero-order valence-electron chi connectivity index (χ0n) is 18.2. The van der Waals surface area contributed by atoms with E-state index in [-0.39, 0.29) is 7.43 Å². The summed E-state index contributed by atoms with van der Waals surface area (Å²) in [6.07, 6.45) is 6.93. The molecule has 2 aliphatic heterocycles. The SMILES string of the molecule is C.CCCC[NH+]1CCN(C)C1C.CCCC[NH+]1CCN(C)C1C.O=S(=O)([O-])[O-]. The van der Waals surface area contributed by atoms with E-state index in [1.54, 1.807) is 9.80 Å². The molecule has 2 heterocycles. The minimum absolute atomic E-state index is 0. The van der Waals surface area contributed by atoms with Gasteiger partial charge in [0.05, 0.1) is 39.3 Å². The molecule has 0 aromatic heterocycles. The molecule has 0 aromatic rings. The zero-order chi connectivity index (χ0) is 21.0. The topological polar surface area (TPSA) is 95.6 Å². The van der Waals surface area contributed by atoms with Gasteiger partial charge in [-0.05, 0) is 26.9 Å². The summed E-state index contributed by atoms with van der Waals surface area (Å²) in [5, 5.41) is 0. The maximum absolute atomic E-state index is 8.52. The van der Waals surface area contributed by atoms with Crippen molar-refractivity contribution in [1.82, 2.24) is 9.80 Å². The maximum Gasteiger partial charge on any atom is 0.140 e. The fourth-order valence-electron chi connectivity index (χ4n) is 3.54. The Morgan fingerprint density at radius 1 is 0.857 bits per heavy atom. The minimum Gasteiger partial charge on any atom is -0.759 e. The number of quaternary nitrogens is 2. The van der Waals surface area contributed by atoms with Crippen molar-refractivity contribution in [1.29, 1.82) is 0 Å². The second-order valence-corrected chi connectivity index (χ2v) is 8.56. The number of likely N-dealkylation sites (N-methyl/N-ethyl adjacent to an activating group) is 2. The van der Waals surface area contributed by atoms with Crippen LogP contribution in [0.4, 0.5) is 0 Å². The molecule has 0 amide bonds.